The zero-order valence-corrected chi connectivity index (χ0v) is 13.8. The largest absolute Gasteiger partial charge is 0.507 e. The molecular formula is C20H14ClNO3. The molecule has 0 saturated carbocycles. The van der Waals surface area contributed by atoms with E-state index in [0.29, 0.717) is 22.6 Å². The van der Waals surface area contributed by atoms with Gasteiger partial charge in [0.15, 0.2) is 6.29 Å². The number of benzene rings is 3. The predicted octanol–water partition coefficient (Wildman–Crippen LogP) is 4.78. The molecule has 0 aliphatic rings. The van der Waals surface area contributed by atoms with E-state index in [9.17, 15) is 14.7 Å². The van der Waals surface area contributed by atoms with E-state index in [2.05, 4.69) is 5.32 Å². The van der Waals surface area contributed by atoms with Crippen LogP contribution in [-0.4, -0.2) is 17.3 Å². The highest BCUT2D eigenvalue weighted by Gasteiger charge is 2.14. The molecule has 1 amide bonds. The number of halogens is 1. The van der Waals surface area contributed by atoms with Crippen molar-refractivity contribution in [3.05, 3.63) is 82.9 Å². The number of hydrogen-bond donors (Lipinski definition) is 2. The molecule has 0 heterocycles. The molecule has 124 valence electrons. The summed E-state index contributed by atoms with van der Waals surface area (Å²) in [5, 5.41) is 12.9. The molecule has 0 radical (unpaired) electrons. The third kappa shape index (κ3) is 3.70. The van der Waals surface area contributed by atoms with Crippen LogP contribution in [0.25, 0.3) is 11.1 Å². The van der Waals surface area contributed by atoms with Crippen LogP contribution >= 0.6 is 11.6 Å². The summed E-state index contributed by atoms with van der Waals surface area (Å²) < 4.78 is 0. The van der Waals surface area contributed by atoms with Gasteiger partial charge >= 0.3 is 0 Å². The smallest absolute Gasteiger partial charge is 0.259 e. The van der Waals surface area contributed by atoms with Crippen molar-refractivity contribution in [1.29, 1.82) is 0 Å². The molecule has 0 atom stereocenters. The molecule has 4 nitrogen and oxygen atoms in total. The fraction of sp³-hybridized carbons (Fsp3) is 0. The Hall–Kier alpha value is -3.11. The van der Waals surface area contributed by atoms with Crippen LogP contribution in [-0.2, 0) is 0 Å². The second kappa shape index (κ2) is 7.20. The summed E-state index contributed by atoms with van der Waals surface area (Å²) in [4.78, 5) is 23.7. The summed E-state index contributed by atoms with van der Waals surface area (Å²) >= 11 is 5.78. The Morgan fingerprint density at radius 3 is 2.40 bits per heavy atom. The Labute approximate surface area is 149 Å². The minimum Gasteiger partial charge on any atom is -0.507 e. The monoisotopic (exact) mass is 351 g/mol. The van der Waals surface area contributed by atoms with Gasteiger partial charge in [-0.1, -0.05) is 48.0 Å². The number of phenolic OH excluding ortho intramolecular Hbond substituents is 1. The van der Waals surface area contributed by atoms with Crippen molar-refractivity contribution in [2.45, 2.75) is 0 Å². The lowest BCUT2D eigenvalue weighted by Gasteiger charge is -2.11. The van der Waals surface area contributed by atoms with Gasteiger partial charge in [0.05, 0.1) is 11.3 Å². The second-order valence-electron chi connectivity index (χ2n) is 5.40. The van der Waals surface area contributed by atoms with Crippen molar-refractivity contribution in [3.63, 3.8) is 0 Å². The molecule has 0 aliphatic heterocycles. The van der Waals surface area contributed by atoms with E-state index < -0.39 is 5.91 Å². The van der Waals surface area contributed by atoms with Gasteiger partial charge in [0.25, 0.3) is 5.91 Å². The molecule has 25 heavy (non-hydrogen) atoms. The summed E-state index contributed by atoms with van der Waals surface area (Å²) in [5.74, 6) is -0.751. The van der Waals surface area contributed by atoms with Crippen molar-refractivity contribution >= 4 is 29.5 Å². The maximum absolute atomic E-state index is 12.4. The van der Waals surface area contributed by atoms with Gasteiger partial charge in [-0.05, 0) is 41.5 Å². The lowest BCUT2D eigenvalue weighted by Crippen LogP contribution is -2.13. The molecule has 5 heteroatoms. The highest BCUT2D eigenvalue weighted by molar-refractivity contribution is 6.31. The van der Waals surface area contributed by atoms with E-state index in [1.165, 1.54) is 18.2 Å². The number of anilines is 1. The predicted molar refractivity (Wildman–Crippen MR) is 98.3 cm³/mol. The minimum atomic E-state index is -0.525. The first kappa shape index (κ1) is 16.7. The first-order chi connectivity index (χ1) is 12.1. The summed E-state index contributed by atoms with van der Waals surface area (Å²) in [7, 11) is 0. The maximum Gasteiger partial charge on any atom is 0.259 e. The normalized spacial score (nSPS) is 10.3. The Bertz CT molecular complexity index is 939. The number of rotatable bonds is 4. The molecule has 3 rings (SSSR count). The first-order valence-corrected chi connectivity index (χ1v) is 7.91. The average Bonchev–Trinajstić information content (AvgIpc) is 2.62. The SMILES string of the molecule is O=Cc1ccc(-c2ccccc2)cc1NC(=O)c1ccc(Cl)cc1O. The molecule has 0 spiro atoms. The summed E-state index contributed by atoms with van der Waals surface area (Å²) in [6, 6.07) is 19.0. The van der Waals surface area contributed by atoms with Crippen LogP contribution in [0, 0.1) is 0 Å². The van der Waals surface area contributed by atoms with E-state index in [4.69, 9.17) is 11.6 Å². The molecular weight excluding hydrogens is 338 g/mol. The van der Waals surface area contributed by atoms with Gasteiger partial charge in [0.1, 0.15) is 5.75 Å². The summed E-state index contributed by atoms with van der Waals surface area (Å²) in [6.07, 6.45) is 0.673. The molecule has 0 fully saturated rings. The highest BCUT2D eigenvalue weighted by atomic mass is 35.5. The highest BCUT2D eigenvalue weighted by Crippen LogP contribution is 2.27. The van der Waals surface area contributed by atoms with E-state index >= 15 is 0 Å². The van der Waals surface area contributed by atoms with Crippen LogP contribution in [0.1, 0.15) is 20.7 Å². The van der Waals surface area contributed by atoms with Crippen LogP contribution in [0.3, 0.4) is 0 Å². The fourth-order valence-corrected chi connectivity index (χ4v) is 2.63. The molecule has 0 unspecified atom stereocenters. The number of carbonyl (C=O) groups is 2. The van der Waals surface area contributed by atoms with Crippen molar-refractivity contribution < 1.29 is 14.7 Å². The Kier molecular flexibility index (Phi) is 4.82. The third-order valence-electron chi connectivity index (χ3n) is 3.74. The van der Waals surface area contributed by atoms with Crippen molar-refractivity contribution in [1.82, 2.24) is 0 Å². The second-order valence-corrected chi connectivity index (χ2v) is 5.84. The van der Waals surface area contributed by atoms with E-state index in [1.807, 2.05) is 36.4 Å². The zero-order chi connectivity index (χ0) is 17.8. The molecule has 0 bridgehead atoms. The maximum atomic E-state index is 12.4. The molecule has 3 aromatic rings. The molecule has 3 aromatic carbocycles. The van der Waals surface area contributed by atoms with Gasteiger partial charge < -0.3 is 10.4 Å². The zero-order valence-electron chi connectivity index (χ0n) is 13.1. The minimum absolute atomic E-state index is 0.0753. The average molecular weight is 352 g/mol. The molecule has 0 saturated heterocycles. The standard InChI is InChI=1S/C20H14ClNO3/c21-16-8-9-17(19(24)11-16)20(25)22-18-10-14(6-7-15(18)12-23)13-4-2-1-3-5-13/h1-12,24H,(H,22,25). The van der Waals surface area contributed by atoms with Crippen molar-refractivity contribution in [2.24, 2.45) is 0 Å². The van der Waals surface area contributed by atoms with Crippen molar-refractivity contribution in [2.75, 3.05) is 5.32 Å². The number of nitrogens with one attached hydrogen (secondary N) is 1. The topological polar surface area (TPSA) is 66.4 Å². The van der Waals surface area contributed by atoms with Gasteiger partial charge in [-0.25, -0.2) is 0 Å². The quantitative estimate of drug-likeness (QED) is 0.665. The Morgan fingerprint density at radius 2 is 1.72 bits per heavy atom. The molecule has 2 N–H and O–H groups in total. The van der Waals surface area contributed by atoms with Crippen LogP contribution in [0.4, 0.5) is 5.69 Å². The third-order valence-corrected chi connectivity index (χ3v) is 3.98. The van der Waals surface area contributed by atoms with E-state index in [0.717, 1.165) is 11.1 Å². The fourth-order valence-electron chi connectivity index (χ4n) is 2.46. The number of aldehydes is 1. The van der Waals surface area contributed by atoms with Crippen LogP contribution in [0.15, 0.2) is 66.7 Å². The summed E-state index contributed by atoms with van der Waals surface area (Å²) in [6.45, 7) is 0. The van der Waals surface area contributed by atoms with E-state index in [-0.39, 0.29) is 11.3 Å². The van der Waals surface area contributed by atoms with Crippen LogP contribution in [0.5, 0.6) is 5.75 Å². The molecule has 0 aliphatic carbocycles. The lowest BCUT2D eigenvalue weighted by molar-refractivity contribution is 0.102. The Balaban J connectivity index is 1.95. The van der Waals surface area contributed by atoms with Gasteiger partial charge in [-0.2, -0.15) is 0 Å². The Morgan fingerprint density at radius 1 is 0.960 bits per heavy atom. The molecule has 0 aromatic heterocycles. The van der Waals surface area contributed by atoms with Crippen LogP contribution in [0.2, 0.25) is 5.02 Å². The van der Waals surface area contributed by atoms with Crippen LogP contribution < -0.4 is 5.32 Å². The van der Waals surface area contributed by atoms with Gasteiger partial charge in [-0.15, -0.1) is 0 Å². The van der Waals surface area contributed by atoms with Crippen molar-refractivity contribution in [3.8, 4) is 16.9 Å². The lowest BCUT2D eigenvalue weighted by atomic mass is 10.0. The first-order valence-electron chi connectivity index (χ1n) is 7.53. The van der Waals surface area contributed by atoms with Gasteiger partial charge in [-0.3, -0.25) is 9.59 Å². The van der Waals surface area contributed by atoms with Gasteiger partial charge in [0.2, 0.25) is 0 Å². The number of aromatic hydroxyl groups is 1. The number of phenols is 1. The number of amides is 1. The summed E-state index contributed by atoms with van der Waals surface area (Å²) in [5.41, 5.74) is 2.62. The number of hydrogen-bond acceptors (Lipinski definition) is 3. The number of carbonyl (C=O) groups excluding carboxylic acids is 2. The van der Waals surface area contributed by atoms with Gasteiger partial charge in [0, 0.05) is 10.6 Å². The van der Waals surface area contributed by atoms with E-state index in [1.54, 1.807) is 12.1 Å².